The van der Waals surface area contributed by atoms with Crippen LogP contribution in [0.3, 0.4) is 0 Å². The molecule has 0 aliphatic heterocycles. The van der Waals surface area contributed by atoms with Crippen molar-refractivity contribution in [3.8, 4) is 5.75 Å². The van der Waals surface area contributed by atoms with E-state index < -0.39 is 11.5 Å². The zero-order valence-corrected chi connectivity index (χ0v) is 14.2. The van der Waals surface area contributed by atoms with Crippen molar-refractivity contribution in [2.24, 2.45) is 0 Å². The topological polar surface area (TPSA) is 101 Å². The van der Waals surface area contributed by atoms with Crippen LogP contribution in [0.25, 0.3) is 16.6 Å². The number of benzene rings is 2. The Labute approximate surface area is 151 Å². The molecule has 2 heterocycles. The summed E-state index contributed by atoms with van der Waals surface area (Å²) in [4.78, 5) is 28.8. The largest absolute Gasteiger partial charge is 0.497 e. The maximum atomic E-state index is 12.6. The van der Waals surface area contributed by atoms with E-state index in [0.717, 1.165) is 0 Å². The number of halogens is 1. The number of aromatic amines is 1. The van der Waals surface area contributed by atoms with Crippen LogP contribution < -0.4 is 15.6 Å². The summed E-state index contributed by atoms with van der Waals surface area (Å²) in [5.41, 5.74) is 0.703. The molecule has 26 heavy (non-hydrogen) atoms. The van der Waals surface area contributed by atoms with Crippen molar-refractivity contribution in [1.29, 1.82) is 0 Å². The number of fused-ring (bicyclic) bond motifs is 3. The number of ether oxygens (including phenoxy) is 1. The molecule has 2 aromatic carbocycles. The zero-order chi connectivity index (χ0) is 18.3. The van der Waals surface area contributed by atoms with E-state index in [1.54, 1.807) is 36.4 Å². The van der Waals surface area contributed by atoms with Gasteiger partial charge in [-0.25, -0.2) is 9.73 Å². The molecule has 2 aromatic heterocycles. The Kier molecular flexibility index (Phi) is 3.81. The molecule has 8 nitrogen and oxygen atoms in total. The van der Waals surface area contributed by atoms with Gasteiger partial charge in [0.05, 0.1) is 18.0 Å². The fraction of sp³-hybridized carbons (Fsp3) is 0.0588. The average molecular weight is 370 g/mol. The molecule has 0 aliphatic rings. The van der Waals surface area contributed by atoms with E-state index in [4.69, 9.17) is 16.3 Å². The van der Waals surface area contributed by atoms with Crippen molar-refractivity contribution in [2.45, 2.75) is 0 Å². The van der Waals surface area contributed by atoms with E-state index in [2.05, 4.69) is 20.6 Å². The van der Waals surface area contributed by atoms with E-state index in [1.807, 2.05) is 0 Å². The predicted octanol–water partition coefficient (Wildman–Crippen LogP) is 2.49. The molecule has 0 bridgehead atoms. The molecule has 0 saturated heterocycles. The third-order valence-electron chi connectivity index (χ3n) is 3.87. The standard InChI is InChI=1S/C17H12ClN5O3/c1-26-11-4-2-3-10(8-11)19-17(25)14-15-20-16(24)12-7-9(18)5-6-13(12)23(15)22-21-14/h2-8,22H,1H3,(H,19,25). The molecular formula is C17H12ClN5O3. The number of anilines is 1. The van der Waals surface area contributed by atoms with Crippen LogP contribution in [0.5, 0.6) is 5.75 Å². The lowest BCUT2D eigenvalue weighted by molar-refractivity contribution is 0.102. The van der Waals surface area contributed by atoms with E-state index >= 15 is 0 Å². The minimum absolute atomic E-state index is 0.00164. The highest BCUT2D eigenvalue weighted by Crippen LogP contribution is 2.20. The number of methoxy groups -OCH3 is 1. The Morgan fingerprint density at radius 2 is 2.12 bits per heavy atom. The molecular weight excluding hydrogens is 358 g/mol. The molecule has 130 valence electrons. The second kappa shape index (κ2) is 6.16. The number of carbonyl (C=O) groups excluding carboxylic acids is 1. The molecule has 4 rings (SSSR count). The Morgan fingerprint density at radius 3 is 2.92 bits per heavy atom. The Morgan fingerprint density at radius 1 is 1.27 bits per heavy atom. The van der Waals surface area contributed by atoms with Crippen molar-refractivity contribution >= 4 is 39.7 Å². The van der Waals surface area contributed by atoms with Gasteiger partial charge in [0.25, 0.3) is 11.5 Å². The Balaban J connectivity index is 1.79. The number of hydrogen-bond acceptors (Lipinski definition) is 5. The highest BCUT2D eigenvalue weighted by atomic mass is 35.5. The van der Waals surface area contributed by atoms with Crippen LogP contribution in [0, 0.1) is 0 Å². The Hall–Kier alpha value is -3.39. The first kappa shape index (κ1) is 16.1. The summed E-state index contributed by atoms with van der Waals surface area (Å²) in [5, 5.41) is 10.2. The minimum Gasteiger partial charge on any atom is -0.497 e. The van der Waals surface area contributed by atoms with Gasteiger partial charge in [-0.05, 0) is 30.3 Å². The maximum absolute atomic E-state index is 12.6. The van der Waals surface area contributed by atoms with E-state index in [9.17, 15) is 9.59 Å². The summed E-state index contributed by atoms with van der Waals surface area (Å²) >= 11 is 5.94. The maximum Gasteiger partial charge on any atom is 0.281 e. The predicted molar refractivity (Wildman–Crippen MR) is 97.1 cm³/mol. The fourth-order valence-electron chi connectivity index (χ4n) is 2.65. The van der Waals surface area contributed by atoms with Crippen molar-refractivity contribution < 1.29 is 9.53 Å². The summed E-state index contributed by atoms with van der Waals surface area (Å²) < 4.78 is 6.60. The van der Waals surface area contributed by atoms with E-state index in [-0.39, 0.29) is 11.3 Å². The van der Waals surface area contributed by atoms with Gasteiger partial charge in [-0.1, -0.05) is 17.7 Å². The number of hydrogen-bond donors (Lipinski definition) is 2. The minimum atomic E-state index is -0.503. The molecule has 0 fully saturated rings. The molecule has 0 atom stereocenters. The van der Waals surface area contributed by atoms with Crippen molar-refractivity contribution in [3.63, 3.8) is 0 Å². The summed E-state index contributed by atoms with van der Waals surface area (Å²) in [6.45, 7) is 0. The molecule has 1 amide bonds. The summed E-state index contributed by atoms with van der Waals surface area (Å²) in [7, 11) is 1.54. The summed E-state index contributed by atoms with van der Waals surface area (Å²) in [6, 6.07) is 11.7. The van der Waals surface area contributed by atoms with Gasteiger partial charge < -0.3 is 10.1 Å². The van der Waals surface area contributed by atoms with Crippen LogP contribution in [0.4, 0.5) is 5.69 Å². The third kappa shape index (κ3) is 2.66. The van der Waals surface area contributed by atoms with Gasteiger partial charge in [-0.3, -0.25) is 9.59 Å². The number of nitrogens with zero attached hydrogens (tertiary/aromatic N) is 3. The fourth-order valence-corrected chi connectivity index (χ4v) is 2.82. The van der Waals surface area contributed by atoms with E-state index in [1.165, 1.54) is 17.7 Å². The van der Waals surface area contributed by atoms with Crippen LogP contribution in [0.2, 0.25) is 5.02 Å². The lowest BCUT2D eigenvalue weighted by Crippen LogP contribution is -2.16. The van der Waals surface area contributed by atoms with Gasteiger partial charge in [0.15, 0.2) is 11.3 Å². The summed E-state index contributed by atoms with van der Waals surface area (Å²) in [5.74, 6) is 0.101. The second-order valence-electron chi connectivity index (χ2n) is 5.48. The molecule has 9 heteroatoms. The number of amides is 1. The van der Waals surface area contributed by atoms with Crippen molar-refractivity contribution in [2.75, 3.05) is 12.4 Å². The van der Waals surface area contributed by atoms with E-state index in [0.29, 0.717) is 27.4 Å². The van der Waals surface area contributed by atoms with Crippen LogP contribution in [0.1, 0.15) is 10.5 Å². The average Bonchev–Trinajstić information content (AvgIpc) is 3.06. The highest BCUT2D eigenvalue weighted by Gasteiger charge is 2.18. The molecule has 2 N–H and O–H groups in total. The molecule has 4 aromatic rings. The number of H-pyrrole nitrogens is 1. The number of nitrogens with one attached hydrogen (secondary N) is 2. The molecule has 0 spiro atoms. The van der Waals surface area contributed by atoms with Crippen LogP contribution in [-0.2, 0) is 0 Å². The molecule has 0 saturated carbocycles. The van der Waals surface area contributed by atoms with Gasteiger partial charge in [0, 0.05) is 16.8 Å². The summed E-state index contributed by atoms with van der Waals surface area (Å²) in [6.07, 6.45) is 0. The van der Waals surface area contributed by atoms with Gasteiger partial charge in [-0.2, -0.15) is 4.98 Å². The lowest BCUT2D eigenvalue weighted by Gasteiger charge is -2.05. The zero-order valence-electron chi connectivity index (χ0n) is 13.5. The van der Waals surface area contributed by atoms with Crippen molar-refractivity contribution in [1.82, 2.24) is 19.8 Å². The number of carbonyl (C=O) groups is 1. The van der Waals surface area contributed by atoms with Crippen LogP contribution in [0.15, 0.2) is 47.3 Å². The smallest absolute Gasteiger partial charge is 0.281 e. The first-order valence-electron chi connectivity index (χ1n) is 7.58. The normalized spacial score (nSPS) is 11.0. The molecule has 0 radical (unpaired) electrons. The third-order valence-corrected chi connectivity index (χ3v) is 4.10. The monoisotopic (exact) mass is 369 g/mol. The number of aromatic nitrogens is 4. The SMILES string of the molecule is COc1cccc(NC(=O)c2n[nH]n3c2nc(=O)c2cc(Cl)ccc23)c1. The quantitative estimate of drug-likeness (QED) is 0.577. The van der Waals surface area contributed by atoms with Gasteiger partial charge in [-0.15, -0.1) is 5.10 Å². The van der Waals surface area contributed by atoms with Crippen LogP contribution in [-0.4, -0.2) is 32.8 Å². The lowest BCUT2D eigenvalue weighted by atomic mass is 10.2. The molecule has 0 unspecified atom stereocenters. The van der Waals surface area contributed by atoms with Gasteiger partial charge in [0.2, 0.25) is 0 Å². The highest BCUT2D eigenvalue weighted by molar-refractivity contribution is 6.31. The van der Waals surface area contributed by atoms with Crippen molar-refractivity contribution in [3.05, 3.63) is 63.5 Å². The number of rotatable bonds is 3. The second-order valence-corrected chi connectivity index (χ2v) is 5.92. The first-order valence-corrected chi connectivity index (χ1v) is 7.96. The molecule has 0 aliphatic carbocycles. The van der Waals surface area contributed by atoms with Gasteiger partial charge >= 0.3 is 0 Å². The first-order chi connectivity index (χ1) is 12.6. The Bertz CT molecular complexity index is 1210. The van der Waals surface area contributed by atoms with Crippen LogP contribution >= 0.6 is 11.6 Å². The van der Waals surface area contributed by atoms with Gasteiger partial charge in [0.1, 0.15) is 5.75 Å².